The maximum atomic E-state index is 12.0. The SMILES string of the molecule is COc1ccc2c(c1)NC(=O)CC(/C=C/c1ccc([N+](=O)[O-])cc1)=N2. The zero-order chi connectivity index (χ0) is 17.8. The number of non-ortho nitro benzene ring substituents is 1. The van der Waals surface area contributed by atoms with E-state index in [1.807, 2.05) is 0 Å². The summed E-state index contributed by atoms with van der Waals surface area (Å²) in [7, 11) is 1.56. The Kier molecular flexibility index (Phi) is 4.56. The number of amides is 1. The van der Waals surface area contributed by atoms with Gasteiger partial charge in [0.15, 0.2) is 0 Å². The second-order valence-corrected chi connectivity index (χ2v) is 5.39. The molecule has 126 valence electrons. The molecule has 1 N–H and O–H groups in total. The zero-order valence-corrected chi connectivity index (χ0v) is 13.4. The minimum Gasteiger partial charge on any atom is -0.497 e. The highest BCUT2D eigenvalue weighted by Gasteiger charge is 2.15. The van der Waals surface area contributed by atoms with E-state index < -0.39 is 4.92 Å². The van der Waals surface area contributed by atoms with Gasteiger partial charge in [-0.25, -0.2) is 0 Å². The highest BCUT2D eigenvalue weighted by molar-refractivity contribution is 6.15. The van der Waals surface area contributed by atoms with Gasteiger partial charge in [-0.1, -0.05) is 6.08 Å². The summed E-state index contributed by atoms with van der Waals surface area (Å²) in [5, 5.41) is 13.5. The number of nitrogens with zero attached hydrogens (tertiary/aromatic N) is 2. The normalized spacial score (nSPS) is 13.6. The summed E-state index contributed by atoms with van der Waals surface area (Å²) in [6.07, 6.45) is 3.64. The highest BCUT2D eigenvalue weighted by Crippen LogP contribution is 2.31. The third-order valence-electron chi connectivity index (χ3n) is 3.66. The van der Waals surface area contributed by atoms with Gasteiger partial charge in [0.25, 0.3) is 5.69 Å². The Balaban J connectivity index is 1.86. The van der Waals surface area contributed by atoms with Crippen LogP contribution in [0.25, 0.3) is 6.08 Å². The van der Waals surface area contributed by atoms with E-state index in [-0.39, 0.29) is 18.0 Å². The molecule has 2 aromatic rings. The molecule has 1 heterocycles. The third kappa shape index (κ3) is 3.89. The second kappa shape index (κ2) is 6.96. The number of hydrogen-bond acceptors (Lipinski definition) is 5. The van der Waals surface area contributed by atoms with Gasteiger partial charge in [0.1, 0.15) is 5.75 Å². The maximum absolute atomic E-state index is 12.0. The van der Waals surface area contributed by atoms with Gasteiger partial charge in [0.05, 0.1) is 35.5 Å². The van der Waals surface area contributed by atoms with Crippen molar-refractivity contribution in [2.45, 2.75) is 6.42 Å². The number of nitrogens with one attached hydrogen (secondary N) is 1. The first-order valence-corrected chi connectivity index (χ1v) is 7.53. The Labute approximate surface area is 143 Å². The molecule has 7 heteroatoms. The van der Waals surface area contributed by atoms with Gasteiger partial charge in [-0.3, -0.25) is 19.9 Å². The molecule has 3 rings (SSSR count). The van der Waals surface area contributed by atoms with E-state index in [9.17, 15) is 14.9 Å². The molecule has 0 aromatic heterocycles. The van der Waals surface area contributed by atoms with Crippen molar-refractivity contribution in [2.24, 2.45) is 4.99 Å². The Morgan fingerprint density at radius 3 is 2.64 bits per heavy atom. The van der Waals surface area contributed by atoms with Crippen LogP contribution in [0.5, 0.6) is 5.75 Å². The van der Waals surface area contributed by atoms with Gasteiger partial charge < -0.3 is 10.1 Å². The van der Waals surface area contributed by atoms with Crippen molar-refractivity contribution in [1.82, 2.24) is 0 Å². The predicted molar refractivity (Wildman–Crippen MR) is 95.5 cm³/mol. The number of allylic oxidation sites excluding steroid dienone is 1. The van der Waals surface area contributed by atoms with Crippen LogP contribution in [0, 0.1) is 10.1 Å². The van der Waals surface area contributed by atoms with Gasteiger partial charge in [-0.05, 0) is 35.9 Å². The number of hydrogen-bond donors (Lipinski definition) is 1. The number of anilines is 1. The van der Waals surface area contributed by atoms with Gasteiger partial charge in [0, 0.05) is 18.2 Å². The van der Waals surface area contributed by atoms with Crippen LogP contribution < -0.4 is 10.1 Å². The first-order valence-electron chi connectivity index (χ1n) is 7.53. The van der Waals surface area contributed by atoms with E-state index in [0.717, 1.165) is 5.56 Å². The maximum Gasteiger partial charge on any atom is 0.269 e. The number of aliphatic imine (C=N–C) groups is 1. The number of fused-ring (bicyclic) bond motifs is 1. The quantitative estimate of drug-likeness (QED) is 0.679. The molecule has 1 aliphatic rings. The molecule has 0 spiro atoms. The monoisotopic (exact) mass is 337 g/mol. The van der Waals surface area contributed by atoms with Crippen LogP contribution in [0.15, 0.2) is 53.5 Å². The van der Waals surface area contributed by atoms with Crippen molar-refractivity contribution >= 4 is 34.8 Å². The lowest BCUT2D eigenvalue weighted by Gasteiger charge is -2.06. The molecule has 0 aliphatic carbocycles. The number of methoxy groups -OCH3 is 1. The number of benzene rings is 2. The van der Waals surface area contributed by atoms with Crippen LogP contribution in [0.4, 0.5) is 17.1 Å². The fraction of sp³-hybridized carbons (Fsp3) is 0.111. The van der Waals surface area contributed by atoms with E-state index in [0.29, 0.717) is 22.8 Å². The van der Waals surface area contributed by atoms with Gasteiger partial charge in [0.2, 0.25) is 5.91 Å². The summed E-state index contributed by atoms with van der Waals surface area (Å²) < 4.78 is 5.15. The minimum atomic E-state index is -0.446. The van der Waals surface area contributed by atoms with E-state index in [4.69, 9.17) is 4.74 Å². The summed E-state index contributed by atoms with van der Waals surface area (Å²) in [5.74, 6) is 0.471. The summed E-state index contributed by atoms with van der Waals surface area (Å²) in [6, 6.07) is 11.4. The van der Waals surface area contributed by atoms with Crippen LogP contribution in [0.1, 0.15) is 12.0 Å². The molecular weight excluding hydrogens is 322 g/mol. The topological polar surface area (TPSA) is 93.8 Å². The van der Waals surface area contributed by atoms with E-state index in [1.54, 1.807) is 49.6 Å². The van der Waals surface area contributed by atoms with Crippen molar-refractivity contribution < 1.29 is 14.5 Å². The average Bonchev–Trinajstić information content (AvgIpc) is 2.77. The van der Waals surface area contributed by atoms with Crippen LogP contribution >= 0.6 is 0 Å². The molecule has 1 amide bonds. The lowest BCUT2D eigenvalue weighted by Crippen LogP contribution is -2.13. The Morgan fingerprint density at radius 1 is 1.20 bits per heavy atom. The van der Waals surface area contributed by atoms with E-state index in [2.05, 4.69) is 10.3 Å². The van der Waals surface area contributed by atoms with Crippen LogP contribution in [-0.4, -0.2) is 23.7 Å². The largest absolute Gasteiger partial charge is 0.497 e. The number of rotatable bonds is 4. The molecule has 0 unspecified atom stereocenters. The standard InChI is InChI=1S/C18H15N3O4/c1-25-15-8-9-16-17(11-15)20-18(22)10-13(19-16)5-2-12-3-6-14(7-4-12)21(23)24/h2-9,11H,10H2,1H3,(H,20,22)/b5-2+. The van der Waals surface area contributed by atoms with Crippen molar-refractivity contribution in [3.05, 3.63) is 64.2 Å². The second-order valence-electron chi connectivity index (χ2n) is 5.39. The van der Waals surface area contributed by atoms with Crippen molar-refractivity contribution in [3.8, 4) is 5.75 Å². The average molecular weight is 337 g/mol. The molecule has 0 saturated heterocycles. The molecule has 0 radical (unpaired) electrons. The molecular formula is C18H15N3O4. The molecule has 7 nitrogen and oxygen atoms in total. The van der Waals surface area contributed by atoms with Crippen molar-refractivity contribution in [3.63, 3.8) is 0 Å². The number of ether oxygens (including phenoxy) is 1. The Bertz CT molecular complexity index is 886. The summed E-state index contributed by atoms with van der Waals surface area (Å²) in [5.41, 5.74) is 2.66. The zero-order valence-electron chi connectivity index (χ0n) is 13.4. The molecule has 0 atom stereocenters. The van der Waals surface area contributed by atoms with Crippen molar-refractivity contribution in [2.75, 3.05) is 12.4 Å². The lowest BCUT2D eigenvalue weighted by molar-refractivity contribution is -0.384. The summed E-state index contributed by atoms with van der Waals surface area (Å²) in [4.78, 5) is 26.8. The molecule has 0 bridgehead atoms. The van der Waals surface area contributed by atoms with Crippen molar-refractivity contribution in [1.29, 1.82) is 0 Å². The first-order chi connectivity index (χ1) is 12.0. The van der Waals surface area contributed by atoms with Crippen LogP contribution in [0.2, 0.25) is 0 Å². The first kappa shape index (κ1) is 16.4. The number of carbonyl (C=O) groups excluding carboxylic acids is 1. The molecule has 1 aliphatic heterocycles. The molecule has 2 aromatic carbocycles. The van der Waals surface area contributed by atoms with Crippen LogP contribution in [0.3, 0.4) is 0 Å². The molecule has 0 saturated carbocycles. The predicted octanol–water partition coefficient (Wildman–Crippen LogP) is 3.73. The summed E-state index contributed by atoms with van der Waals surface area (Å²) in [6.45, 7) is 0. The molecule has 0 fully saturated rings. The molecule has 25 heavy (non-hydrogen) atoms. The van der Waals surface area contributed by atoms with E-state index >= 15 is 0 Å². The minimum absolute atomic E-state index is 0.0335. The van der Waals surface area contributed by atoms with Gasteiger partial charge in [-0.2, -0.15) is 0 Å². The Hall–Kier alpha value is -3.48. The van der Waals surface area contributed by atoms with Crippen LogP contribution in [-0.2, 0) is 4.79 Å². The number of nitro benzene ring substituents is 1. The highest BCUT2D eigenvalue weighted by atomic mass is 16.6. The number of carbonyl (C=O) groups is 1. The smallest absolute Gasteiger partial charge is 0.269 e. The fourth-order valence-corrected chi connectivity index (χ4v) is 2.39. The van der Waals surface area contributed by atoms with E-state index in [1.165, 1.54) is 12.1 Å². The van der Waals surface area contributed by atoms with Gasteiger partial charge in [-0.15, -0.1) is 0 Å². The number of nitro groups is 1. The third-order valence-corrected chi connectivity index (χ3v) is 3.66. The fourth-order valence-electron chi connectivity index (χ4n) is 2.39. The Morgan fingerprint density at radius 2 is 1.96 bits per heavy atom. The lowest BCUT2D eigenvalue weighted by atomic mass is 10.1. The van der Waals surface area contributed by atoms with Gasteiger partial charge >= 0.3 is 0 Å². The summed E-state index contributed by atoms with van der Waals surface area (Å²) >= 11 is 0.